The van der Waals surface area contributed by atoms with Crippen LogP contribution in [0.4, 0.5) is 33.3 Å². The Bertz CT molecular complexity index is 996. The quantitative estimate of drug-likeness (QED) is 0.356. The molecule has 1 saturated carbocycles. The molecule has 0 spiro atoms. The molecular weight excluding hydrogens is 473 g/mol. The molecule has 1 aliphatic rings. The van der Waals surface area contributed by atoms with Gasteiger partial charge in [-0.3, -0.25) is 9.59 Å². The van der Waals surface area contributed by atoms with Gasteiger partial charge in [-0.25, -0.2) is 8.78 Å². The van der Waals surface area contributed by atoms with Gasteiger partial charge in [-0.1, -0.05) is 12.1 Å². The normalized spacial score (nSPS) is 14.2. The summed E-state index contributed by atoms with van der Waals surface area (Å²) in [5.41, 5.74) is 3.76. The molecule has 1 fully saturated rings. The van der Waals surface area contributed by atoms with Crippen LogP contribution in [0.1, 0.15) is 24.0 Å². The van der Waals surface area contributed by atoms with Crippen LogP contribution in [0.3, 0.4) is 0 Å². The van der Waals surface area contributed by atoms with Gasteiger partial charge >= 0.3 is 6.18 Å². The zero-order chi connectivity index (χ0) is 23.5. The predicted octanol–water partition coefficient (Wildman–Crippen LogP) is 4.40. The van der Waals surface area contributed by atoms with Gasteiger partial charge in [0.05, 0.1) is 11.3 Å². The number of benzene rings is 2. The van der Waals surface area contributed by atoms with E-state index in [-0.39, 0.29) is 30.4 Å². The summed E-state index contributed by atoms with van der Waals surface area (Å²) in [6.45, 7) is -0.888. The van der Waals surface area contributed by atoms with Crippen molar-refractivity contribution in [3.8, 4) is 5.75 Å². The topological polar surface area (TPSA) is 93.5 Å². The number of hydrogen-bond donors (Lipinski definition) is 3. The number of nitrogens with two attached hydrogens (primary N) is 1. The van der Waals surface area contributed by atoms with Crippen molar-refractivity contribution in [1.82, 2.24) is 5.32 Å². The first-order valence-electron chi connectivity index (χ1n) is 9.57. The van der Waals surface area contributed by atoms with Crippen molar-refractivity contribution >= 4 is 35.6 Å². The van der Waals surface area contributed by atoms with Crippen LogP contribution in [-0.4, -0.2) is 24.8 Å². The molecule has 1 aliphatic carbocycles. The Morgan fingerprint density at radius 2 is 1.73 bits per heavy atom. The molecule has 0 heterocycles. The lowest BCUT2D eigenvalue weighted by atomic mass is 10.1. The summed E-state index contributed by atoms with van der Waals surface area (Å²) < 4.78 is 69.4. The third-order valence-electron chi connectivity index (χ3n) is 5.01. The summed E-state index contributed by atoms with van der Waals surface area (Å²) in [5, 5.41) is 5.27. The number of nitrogens with one attached hydrogen (secondary N) is 2. The molecule has 0 atom stereocenters. The molecule has 2 amide bonds. The summed E-state index contributed by atoms with van der Waals surface area (Å²) in [5.74, 6) is -1.43. The zero-order valence-corrected chi connectivity index (χ0v) is 17.9. The lowest BCUT2D eigenvalue weighted by Crippen LogP contribution is -2.40. The molecule has 0 bridgehead atoms. The highest BCUT2D eigenvalue weighted by Gasteiger charge is 2.55. The van der Waals surface area contributed by atoms with Gasteiger partial charge in [0.15, 0.2) is 0 Å². The average molecular weight is 494 g/mol. The second-order valence-electron chi connectivity index (χ2n) is 7.36. The van der Waals surface area contributed by atoms with Gasteiger partial charge in [0.2, 0.25) is 11.8 Å². The fourth-order valence-electron chi connectivity index (χ4n) is 3.04. The molecule has 12 heteroatoms. The van der Waals surface area contributed by atoms with E-state index in [2.05, 4.69) is 15.4 Å². The second kappa shape index (κ2) is 10.2. The molecule has 2 aromatic rings. The minimum atomic E-state index is -4.74. The molecule has 0 unspecified atom stereocenters. The van der Waals surface area contributed by atoms with Gasteiger partial charge in [-0.05, 0) is 48.7 Å². The Morgan fingerprint density at radius 1 is 1.09 bits per heavy atom. The number of ether oxygens (including phenoxy) is 1. The number of rotatable bonds is 9. The van der Waals surface area contributed by atoms with Crippen molar-refractivity contribution in [3.05, 3.63) is 53.6 Å². The van der Waals surface area contributed by atoms with E-state index < -0.39 is 42.0 Å². The van der Waals surface area contributed by atoms with Crippen molar-refractivity contribution in [1.29, 1.82) is 0 Å². The van der Waals surface area contributed by atoms with Crippen molar-refractivity contribution in [2.75, 3.05) is 11.9 Å². The summed E-state index contributed by atoms with van der Waals surface area (Å²) in [6, 6.07) is 9.14. The van der Waals surface area contributed by atoms with Crippen molar-refractivity contribution < 1.29 is 36.3 Å². The number of amides is 2. The van der Waals surface area contributed by atoms with E-state index in [4.69, 9.17) is 5.73 Å². The first-order chi connectivity index (χ1) is 15.0. The summed E-state index contributed by atoms with van der Waals surface area (Å²) in [7, 11) is 0. The molecule has 2 aromatic carbocycles. The lowest BCUT2D eigenvalue weighted by molar-refractivity contribution is -0.137. The van der Waals surface area contributed by atoms with Gasteiger partial charge < -0.3 is 21.1 Å². The fraction of sp³-hybridized carbons (Fsp3) is 0.333. The second-order valence-corrected chi connectivity index (χ2v) is 7.36. The monoisotopic (exact) mass is 493 g/mol. The number of halogens is 6. The molecule has 6 nitrogen and oxygen atoms in total. The average Bonchev–Trinajstić information content (AvgIpc) is 3.54. The van der Waals surface area contributed by atoms with Crippen LogP contribution >= 0.6 is 12.4 Å². The summed E-state index contributed by atoms with van der Waals surface area (Å²) in [6.07, 6.45) is -6.73. The van der Waals surface area contributed by atoms with Gasteiger partial charge in [0.1, 0.15) is 17.8 Å². The molecular formula is C21H21ClF5N3O3. The van der Waals surface area contributed by atoms with E-state index in [1.54, 1.807) is 12.1 Å². The van der Waals surface area contributed by atoms with E-state index in [1.807, 2.05) is 0 Å². The maximum atomic E-state index is 13.4. The number of hydrogen-bond acceptors (Lipinski definition) is 4. The highest BCUT2D eigenvalue weighted by atomic mass is 35.5. The molecule has 4 N–H and O–H groups in total. The first-order valence-corrected chi connectivity index (χ1v) is 9.57. The number of alkyl halides is 5. The smallest absolute Gasteiger partial charge is 0.418 e. The van der Waals surface area contributed by atoms with E-state index >= 15 is 0 Å². The van der Waals surface area contributed by atoms with E-state index in [0.717, 1.165) is 12.1 Å². The number of primary amides is 1. The number of carbonyl (C=O) groups is 2. The van der Waals surface area contributed by atoms with Crippen LogP contribution in [0.2, 0.25) is 0 Å². The minimum Gasteiger partial charge on any atom is -0.488 e. The predicted molar refractivity (Wildman–Crippen MR) is 113 cm³/mol. The van der Waals surface area contributed by atoms with Crippen molar-refractivity contribution in [2.24, 2.45) is 11.1 Å². The van der Waals surface area contributed by atoms with Gasteiger partial charge in [-0.15, -0.1) is 12.4 Å². The van der Waals surface area contributed by atoms with Crippen LogP contribution in [0.25, 0.3) is 0 Å². The summed E-state index contributed by atoms with van der Waals surface area (Å²) >= 11 is 0. The van der Waals surface area contributed by atoms with E-state index in [1.165, 1.54) is 12.1 Å². The molecule has 3 rings (SSSR count). The van der Waals surface area contributed by atoms with Crippen LogP contribution in [-0.2, 0) is 22.3 Å². The number of anilines is 2. The minimum absolute atomic E-state index is 0. The summed E-state index contributed by atoms with van der Waals surface area (Å²) in [4.78, 5) is 23.5. The van der Waals surface area contributed by atoms with Crippen LogP contribution in [0, 0.1) is 5.41 Å². The van der Waals surface area contributed by atoms with Crippen molar-refractivity contribution in [2.45, 2.75) is 32.0 Å². The third kappa shape index (κ3) is 6.47. The molecule has 180 valence electrons. The lowest BCUT2D eigenvalue weighted by Gasteiger charge is -2.17. The SMILES string of the molecule is Cl.NC(=O)C1(C(=O)NCc2ccc(Nc3ccc(OCC(F)F)cc3C(F)(F)F)cc2)CC1. The Labute approximate surface area is 192 Å². The Morgan fingerprint density at radius 3 is 2.24 bits per heavy atom. The molecule has 0 aromatic heterocycles. The van der Waals surface area contributed by atoms with Crippen molar-refractivity contribution in [3.63, 3.8) is 0 Å². The molecule has 0 radical (unpaired) electrons. The first kappa shape index (κ1) is 26.2. The maximum absolute atomic E-state index is 13.4. The Balaban J connectivity index is 0.00000385. The standard InChI is InChI=1S/C21H20F5N3O3.ClH/c22-17(23)11-32-14-5-6-16(15(9-14)21(24,25)26)29-13-3-1-12(2-4-13)10-28-19(31)20(7-8-20)18(27)30;/h1-6,9,17,29H,7-8,10-11H2,(H2,27,30)(H,28,31);1H. The van der Waals surface area contributed by atoms with E-state index in [0.29, 0.717) is 30.2 Å². The highest BCUT2D eigenvalue weighted by Crippen LogP contribution is 2.45. The number of carbonyl (C=O) groups excluding carboxylic acids is 2. The van der Waals surface area contributed by atoms with Crippen LogP contribution in [0.15, 0.2) is 42.5 Å². The van der Waals surface area contributed by atoms with Gasteiger partial charge in [-0.2, -0.15) is 13.2 Å². The fourth-order valence-corrected chi connectivity index (χ4v) is 3.04. The van der Waals surface area contributed by atoms with Gasteiger partial charge in [0.25, 0.3) is 6.43 Å². The molecule has 33 heavy (non-hydrogen) atoms. The molecule has 0 saturated heterocycles. The molecule has 0 aliphatic heterocycles. The Hall–Kier alpha value is -3.08. The zero-order valence-electron chi connectivity index (χ0n) is 17.0. The maximum Gasteiger partial charge on any atom is 0.418 e. The van der Waals surface area contributed by atoms with Gasteiger partial charge in [0, 0.05) is 12.2 Å². The van der Waals surface area contributed by atoms with Crippen LogP contribution < -0.4 is 21.1 Å². The van der Waals surface area contributed by atoms with Crippen LogP contribution in [0.5, 0.6) is 5.75 Å². The van der Waals surface area contributed by atoms with E-state index in [9.17, 15) is 31.5 Å². The Kier molecular flexibility index (Phi) is 8.12. The highest BCUT2D eigenvalue weighted by molar-refractivity contribution is 6.07. The third-order valence-corrected chi connectivity index (χ3v) is 5.01. The largest absolute Gasteiger partial charge is 0.488 e.